The predicted octanol–water partition coefficient (Wildman–Crippen LogP) is 2.73. The minimum atomic E-state index is -4.45. The molecule has 1 aromatic carbocycles. The van der Waals surface area contributed by atoms with Gasteiger partial charge in [0, 0.05) is 6.07 Å². The van der Waals surface area contributed by atoms with E-state index in [0.717, 1.165) is 0 Å². The van der Waals surface area contributed by atoms with E-state index in [-0.39, 0.29) is 0 Å². The lowest BCUT2D eigenvalue weighted by Gasteiger charge is -2.27. The summed E-state index contributed by atoms with van der Waals surface area (Å²) in [5.41, 5.74) is 0.344. The number of hydrogen-bond donors (Lipinski definition) is 2. The van der Waals surface area contributed by atoms with Crippen molar-refractivity contribution in [3.63, 3.8) is 0 Å². The highest BCUT2D eigenvalue weighted by molar-refractivity contribution is 7.52. The molecular formula is C12H21O6PSi. The van der Waals surface area contributed by atoms with E-state index in [1.165, 1.54) is 14.2 Å². The number of ether oxygens (including phenoxy) is 2. The highest BCUT2D eigenvalue weighted by Crippen LogP contribution is 2.54. The van der Waals surface area contributed by atoms with Gasteiger partial charge in [-0.05, 0) is 37.3 Å². The van der Waals surface area contributed by atoms with Gasteiger partial charge in [-0.1, -0.05) is 0 Å². The van der Waals surface area contributed by atoms with Crippen LogP contribution in [0.3, 0.4) is 0 Å². The van der Waals surface area contributed by atoms with Crippen LogP contribution in [0.25, 0.3) is 0 Å². The topological polar surface area (TPSA) is 85.2 Å². The van der Waals surface area contributed by atoms with Gasteiger partial charge in [-0.2, -0.15) is 0 Å². The van der Waals surface area contributed by atoms with Gasteiger partial charge < -0.3 is 23.7 Å². The molecule has 0 heterocycles. The molecule has 0 radical (unpaired) electrons. The maximum absolute atomic E-state index is 11.7. The molecule has 0 saturated carbocycles. The van der Waals surface area contributed by atoms with Crippen LogP contribution in [0, 0.1) is 0 Å². The van der Waals surface area contributed by atoms with Crippen LogP contribution in [-0.2, 0) is 8.99 Å². The summed E-state index contributed by atoms with van der Waals surface area (Å²) in [5.74, 6) is -0.396. The summed E-state index contributed by atoms with van der Waals surface area (Å²) in [5, 5.41) is 0. The molecule has 0 amide bonds. The molecule has 0 spiro atoms. The van der Waals surface area contributed by atoms with E-state index in [4.69, 9.17) is 13.9 Å². The molecule has 114 valence electrons. The van der Waals surface area contributed by atoms with Gasteiger partial charge in [-0.3, -0.25) is 4.57 Å². The number of rotatable bonds is 6. The fourth-order valence-corrected chi connectivity index (χ4v) is 4.48. The summed E-state index contributed by atoms with van der Waals surface area (Å²) in [6, 6.07) is 4.73. The Morgan fingerprint density at radius 2 is 1.50 bits per heavy atom. The van der Waals surface area contributed by atoms with Gasteiger partial charge in [0.05, 0.1) is 14.2 Å². The highest BCUT2D eigenvalue weighted by Gasteiger charge is 2.36. The van der Waals surface area contributed by atoms with Crippen LogP contribution in [0.15, 0.2) is 18.2 Å². The van der Waals surface area contributed by atoms with Crippen molar-refractivity contribution < 1.29 is 28.3 Å². The van der Waals surface area contributed by atoms with Crippen LogP contribution in [0.2, 0.25) is 19.6 Å². The first-order chi connectivity index (χ1) is 9.06. The van der Waals surface area contributed by atoms with Crippen molar-refractivity contribution in [2.75, 3.05) is 14.2 Å². The first-order valence-corrected chi connectivity index (χ1v) is 11.1. The van der Waals surface area contributed by atoms with Crippen molar-refractivity contribution in [3.8, 4) is 11.5 Å². The second kappa shape index (κ2) is 6.28. The van der Waals surface area contributed by atoms with Gasteiger partial charge in [-0.25, -0.2) is 0 Å². The average Bonchev–Trinajstić information content (AvgIpc) is 2.33. The molecule has 0 aliphatic heterocycles. The second-order valence-corrected chi connectivity index (χ2v) is 11.4. The minimum Gasteiger partial charge on any atom is -0.497 e. The summed E-state index contributed by atoms with van der Waals surface area (Å²) < 4.78 is 27.6. The summed E-state index contributed by atoms with van der Waals surface area (Å²) in [4.78, 5) is 19.1. The molecule has 20 heavy (non-hydrogen) atoms. The molecule has 1 rings (SSSR count). The van der Waals surface area contributed by atoms with Gasteiger partial charge >= 0.3 is 7.60 Å². The Morgan fingerprint density at radius 1 is 1.05 bits per heavy atom. The zero-order valence-corrected chi connectivity index (χ0v) is 14.2. The Labute approximate surface area is 120 Å². The van der Waals surface area contributed by atoms with E-state index in [1.54, 1.807) is 18.2 Å². The molecule has 0 aliphatic rings. The number of benzene rings is 1. The SMILES string of the molecule is COc1cc(OC)cc(C(O[Si](C)(C)C)P(=O)(O)O)c1. The maximum Gasteiger partial charge on any atom is 0.357 e. The first-order valence-electron chi connectivity index (χ1n) is 6.03. The largest absolute Gasteiger partial charge is 0.497 e. The summed E-state index contributed by atoms with van der Waals surface area (Å²) >= 11 is 0. The van der Waals surface area contributed by atoms with Crippen LogP contribution in [0.5, 0.6) is 11.5 Å². The molecule has 0 aliphatic carbocycles. The van der Waals surface area contributed by atoms with Crippen molar-refractivity contribution in [2.45, 2.75) is 25.5 Å². The van der Waals surface area contributed by atoms with Crippen LogP contribution in [-0.4, -0.2) is 32.3 Å². The third-order valence-electron chi connectivity index (χ3n) is 2.43. The van der Waals surface area contributed by atoms with Crippen LogP contribution in [0.4, 0.5) is 0 Å². The van der Waals surface area contributed by atoms with Gasteiger partial charge in [0.1, 0.15) is 11.5 Å². The molecule has 1 atom stereocenters. The zero-order valence-electron chi connectivity index (χ0n) is 12.3. The van der Waals surface area contributed by atoms with E-state index in [0.29, 0.717) is 17.1 Å². The Bertz CT molecular complexity index is 485. The van der Waals surface area contributed by atoms with E-state index in [1.807, 2.05) is 19.6 Å². The standard InChI is InChI=1S/C12H21O6PSi/c1-16-10-6-9(7-11(8-10)17-2)12(19(13,14)15)18-20(3,4)5/h6-8,12H,1-5H3,(H2,13,14,15). The Hall–Kier alpha value is -0.853. The highest BCUT2D eigenvalue weighted by atomic mass is 31.2. The van der Waals surface area contributed by atoms with Gasteiger partial charge in [0.15, 0.2) is 14.2 Å². The molecule has 1 unspecified atom stereocenters. The minimum absolute atomic E-state index is 0.344. The van der Waals surface area contributed by atoms with Gasteiger partial charge in [-0.15, -0.1) is 0 Å². The van der Waals surface area contributed by atoms with E-state index in [2.05, 4.69) is 0 Å². The van der Waals surface area contributed by atoms with E-state index < -0.39 is 21.8 Å². The molecule has 2 N–H and O–H groups in total. The van der Waals surface area contributed by atoms with E-state index in [9.17, 15) is 14.4 Å². The fourth-order valence-electron chi connectivity index (χ4n) is 1.64. The Morgan fingerprint density at radius 3 is 1.80 bits per heavy atom. The molecule has 8 heteroatoms. The Balaban J connectivity index is 3.30. The van der Waals surface area contributed by atoms with Crippen molar-refractivity contribution >= 4 is 15.9 Å². The molecule has 0 aromatic heterocycles. The third kappa shape index (κ3) is 4.92. The lowest BCUT2D eigenvalue weighted by molar-refractivity contribution is 0.219. The zero-order chi connectivity index (χ0) is 15.6. The van der Waals surface area contributed by atoms with Crippen molar-refractivity contribution in [1.82, 2.24) is 0 Å². The van der Waals surface area contributed by atoms with Crippen LogP contribution >= 0.6 is 7.60 Å². The normalized spacial score (nSPS) is 13.9. The number of hydrogen-bond acceptors (Lipinski definition) is 4. The average molecular weight is 320 g/mol. The molecular weight excluding hydrogens is 299 g/mol. The molecule has 6 nitrogen and oxygen atoms in total. The fraction of sp³-hybridized carbons (Fsp3) is 0.500. The smallest absolute Gasteiger partial charge is 0.357 e. The van der Waals surface area contributed by atoms with Crippen molar-refractivity contribution in [2.24, 2.45) is 0 Å². The summed E-state index contributed by atoms with van der Waals surface area (Å²) in [6.07, 6.45) is 0. The van der Waals surface area contributed by atoms with Crippen LogP contribution < -0.4 is 9.47 Å². The molecule has 0 fully saturated rings. The van der Waals surface area contributed by atoms with Crippen LogP contribution in [0.1, 0.15) is 11.4 Å². The summed E-state index contributed by atoms with van der Waals surface area (Å²) in [6.45, 7) is 5.60. The first kappa shape index (κ1) is 17.2. The molecule has 1 aromatic rings. The lowest BCUT2D eigenvalue weighted by atomic mass is 10.2. The quantitative estimate of drug-likeness (QED) is 0.619. The third-order valence-corrected chi connectivity index (χ3v) is 4.59. The second-order valence-electron chi connectivity index (χ2n) is 5.32. The number of methoxy groups -OCH3 is 2. The van der Waals surface area contributed by atoms with Gasteiger partial charge in [0.2, 0.25) is 0 Å². The maximum atomic E-state index is 11.7. The predicted molar refractivity (Wildman–Crippen MR) is 78.8 cm³/mol. The summed E-state index contributed by atoms with van der Waals surface area (Å²) in [7, 11) is -3.64. The van der Waals surface area contributed by atoms with E-state index >= 15 is 0 Å². The van der Waals surface area contributed by atoms with Crippen molar-refractivity contribution in [1.29, 1.82) is 0 Å². The molecule has 0 bridgehead atoms. The van der Waals surface area contributed by atoms with Crippen molar-refractivity contribution in [3.05, 3.63) is 23.8 Å². The Kier molecular flexibility index (Phi) is 5.40. The molecule has 0 saturated heterocycles. The lowest BCUT2D eigenvalue weighted by Crippen LogP contribution is -2.28. The monoisotopic (exact) mass is 320 g/mol. The van der Waals surface area contributed by atoms with Gasteiger partial charge in [0.25, 0.3) is 0 Å².